The molecule has 152 valence electrons. The Hall–Kier alpha value is -2.57. The number of aromatic nitrogens is 1. The highest BCUT2D eigenvalue weighted by Crippen LogP contribution is 2.27. The first kappa shape index (κ1) is 21.1. The van der Waals surface area contributed by atoms with Gasteiger partial charge in [0.05, 0.1) is 11.8 Å². The number of ether oxygens (including phenoxy) is 2. The van der Waals surface area contributed by atoms with Crippen LogP contribution < -0.4 is 14.8 Å². The van der Waals surface area contributed by atoms with Gasteiger partial charge in [0.15, 0.2) is 11.2 Å². The van der Waals surface area contributed by atoms with Gasteiger partial charge in [-0.05, 0) is 75.7 Å². The van der Waals surface area contributed by atoms with Crippen molar-refractivity contribution in [2.75, 3.05) is 5.32 Å². The molecule has 0 saturated heterocycles. The van der Waals surface area contributed by atoms with Crippen molar-refractivity contribution in [3.05, 3.63) is 58.4 Å². The van der Waals surface area contributed by atoms with E-state index in [2.05, 4.69) is 10.3 Å². The predicted molar refractivity (Wildman–Crippen MR) is 118 cm³/mol. The van der Waals surface area contributed by atoms with Crippen molar-refractivity contribution in [3.8, 4) is 22.8 Å². The number of amides is 1. The van der Waals surface area contributed by atoms with E-state index in [0.29, 0.717) is 15.9 Å². The van der Waals surface area contributed by atoms with Gasteiger partial charge in [0.2, 0.25) is 0 Å². The van der Waals surface area contributed by atoms with Crippen molar-refractivity contribution in [1.82, 2.24) is 4.98 Å². The Morgan fingerprint density at radius 3 is 2.48 bits per heavy atom. The highest BCUT2D eigenvalue weighted by atomic mass is 35.5. The van der Waals surface area contributed by atoms with E-state index in [9.17, 15) is 4.79 Å². The van der Waals surface area contributed by atoms with Crippen LogP contribution in [0.15, 0.2) is 47.8 Å². The number of carbonyl (C=O) groups excluding carboxylic acids is 1. The Morgan fingerprint density at radius 2 is 1.83 bits per heavy atom. The van der Waals surface area contributed by atoms with E-state index in [4.69, 9.17) is 21.1 Å². The Labute approximate surface area is 179 Å². The van der Waals surface area contributed by atoms with Gasteiger partial charge in [0.25, 0.3) is 5.91 Å². The maximum atomic E-state index is 12.5. The summed E-state index contributed by atoms with van der Waals surface area (Å²) in [7, 11) is 0. The molecule has 1 heterocycles. The third kappa shape index (κ3) is 5.71. The first-order valence-electron chi connectivity index (χ1n) is 9.28. The van der Waals surface area contributed by atoms with Crippen LogP contribution in [0.3, 0.4) is 0 Å². The molecule has 1 N–H and O–H groups in total. The quantitative estimate of drug-likeness (QED) is 0.502. The maximum absolute atomic E-state index is 12.5. The van der Waals surface area contributed by atoms with Crippen molar-refractivity contribution in [3.63, 3.8) is 0 Å². The smallest absolute Gasteiger partial charge is 0.266 e. The van der Waals surface area contributed by atoms with Crippen molar-refractivity contribution < 1.29 is 14.3 Å². The summed E-state index contributed by atoms with van der Waals surface area (Å²) in [5, 5.41) is 5.87. The zero-order chi connectivity index (χ0) is 21.0. The molecule has 2 aromatic carbocycles. The Balaban J connectivity index is 1.62. The summed E-state index contributed by atoms with van der Waals surface area (Å²) < 4.78 is 11.4. The Morgan fingerprint density at radius 1 is 1.10 bits per heavy atom. The molecule has 5 nitrogen and oxygen atoms in total. The zero-order valence-corrected chi connectivity index (χ0v) is 18.3. The molecule has 0 saturated carbocycles. The largest absolute Gasteiger partial charge is 0.491 e. The first-order valence-corrected chi connectivity index (χ1v) is 10.5. The summed E-state index contributed by atoms with van der Waals surface area (Å²) in [4.78, 5) is 17.0. The SMILES string of the molecule is Cc1cc(Cl)ccc1OC(C)C(=O)Nc1nc(-c2ccc(OC(C)C)cc2)cs1. The average Bonchev–Trinajstić information content (AvgIpc) is 3.12. The summed E-state index contributed by atoms with van der Waals surface area (Å²) >= 11 is 7.33. The van der Waals surface area contributed by atoms with Crippen molar-refractivity contribution in [2.45, 2.75) is 39.9 Å². The predicted octanol–water partition coefficient (Wildman–Crippen LogP) is 5.97. The molecule has 0 aliphatic rings. The number of aryl methyl sites for hydroxylation is 1. The van der Waals surface area contributed by atoms with Crippen LogP contribution in [-0.4, -0.2) is 23.1 Å². The fourth-order valence-corrected chi connectivity index (χ4v) is 3.59. The van der Waals surface area contributed by atoms with Crippen LogP contribution >= 0.6 is 22.9 Å². The van der Waals surface area contributed by atoms with Crippen molar-refractivity contribution in [1.29, 1.82) is 0 Å². The van der Waals surface area contributed by atoms with Gasteiger partial charge in [-0.15, -0.1) is 11.3 Å². The molecule has 0 fully saturated rings. The van der Waals surface area contributed by atoms with Gasteiger partial charge in [0, 0.05) is 16.0 Å². The minimum atomic E-state index is -0.672. The Bertz CT molecular complexity index is 986. The molecule has 0 aliphatic carbocycles. The molecular formula is C22H23ClN2O3S. The second kappa shape index (κ2) is 9.29. The molecule has 7 heteroatoms. The van der Waals surface area contributed by atoms with Gasteiger partial charge in [0.1, 0.15) is 11.5 Å². The van der Waals surface area contributed by atoms with E-state index >= 15 is 0 Å². The molecule has 0 bridgehead atoms. The number of thiazole rings is 1. The van der Waals surface area contributed by atoms with Gasteiger partial charge in [-0.1, -0.05) is 11.6 Å². The van der Waals surface area contributed by atoms with Crippen LogP contribution in [-0.2, 0) is 4.79 Å². The first-order chi connectivity index (χ1) is 13.8. The highest BCUT2D eigenvalue weighted by molar-refractivity contribution is 7.14. The molecular weight excluding hydrogens is 408 g/mol. The van der Waals surface area contributed by atoms with Crippen molar-refractivity contribution in [2.24, 2.45) is 0 Å². The number of anilines is 1. The van der Waals surface area contributed by atoms with Gasteiger partial charge < -0.3 is 9.47 Å². The lowest BCUT2D eigenvalue weighted by Crippen LogP contribution is -2.30. The molecule has 3 rings (SSSR count). The minimum absolute atomic E-state index is 0.128. The number of carbonyl (C=O) groups is 1. The molecule has 0 radical (unpaired) electrons. The molecule has 29 heavy (non-hydrogen) atoms. The summed E-state index contributed by atoms with van der Waals surface area (Å²) in [5.74, 6) is 1.18. The number of nitrogens with zero attached hydrogens (tertiary/aromatic N) is 1. The standard InChI is InChI=1S/C22H23ClN2O3S/c1-13(2)27-18-8-5-16(6-9-18)19-12-29-22(24-19)25-21(26)15(4)28-20-10-7-17(23)11-14(20)3/h5-13,15H,1-4H3,(H,24,25,26). The number of hydrogen-bond acceptors (Lipinski definition) is 5. The van der Waals surface area contributed by atoms with Crippen LogP contribution in [0.2, 0.25) is 5.02 Å². The molecule has 0 spiro atoms. The molecule has 3 aromatic rings. The van der Waals surface area contributed by atoms with E-state index < -0.39 is 6.10 Å². The van der Waals surface area contributed by atoms with E-state index in [1.807, 2.05) is 50.4 Å². The summed E-state index contributed by atoms with van der Waals surface area (Å²) in [6, 6.07) is 13.0. The van der Waals surface area contributed by atoms with Crippen LogP contribution in [0.4, 0.5) is 5.13 Å². The van der Waals surface area contributed by atoms with E-state index in [1.165, 1.54) is 11.3 Å². The van der Waals surface area contributed by atoms with Crippen LogP contribution in [0.25, 0.3) is 11.3 Å². The van der Waals surface area contributed by atoms with E-state index in [1.54, 1.807) is 25.1 Å². The summed E-state index contributed by atoms with van der Waals surface area (Å²) in [5.41, 5.74) is 2.63. The molecule has 1 atom stereocenters. The third-order valence-corrected chi connectivity index (χ3v) is 5.06. The van der Waals surface area contributed by atoms with Gasteiger partial charge >= 0.3 is 0 Å². The normalized spacial score (nSPS) is 11.9. The Kier molecular flexibility index (Phi) is 6.77. The number of halogens is 1. The summed E-state index contributed by atoms with van der Waals surface area (Å²) in [6.07, 6.45) is -0.544. The third-order valence-electron chi connectivity index (χ3n) is 4.07. The van der Waals surface area contributed by atoms with Gasteiger partial charge in [-0.25, -0.2) is 4.98 Å². The molecule has 1 unspecified atom stereocenters. The lowest BCUT2D eigenvalue weighted by molar-refractivity contribution is -0.122. The van der Waals surface area contributed by atoms with E-state index in [-0.39, 0.29) is 12.0 Å². The van der Waals surface area contributed by atoms with E-state index in [0.717, 1.165) is 22.6 Å². The average molecular weight is 431 g/mol. The fourth-order valence-electron chi connectivity index (χ4n) is 2.64. The highest BCUT2D eigenvalue weighted by Gasteiger charge is 2.17. The fraction of sp³-hybridized carbons (Fsp3) is 0.273. The second-order valence-electron chi connectivity index (χ2n) is 6.89. The topological polar surface area (TPSA) is 60.5 Å². The number of rotatable bonds is 7. The van der Waals surface area contributed by atoms with Crippen LogP contribution in [0.5, 0.6) is 11.5 Å². The summed E-state index contributed by atoms with van der Waals surface area (Å²) in [6.45, 7) is 7.56. The van der Waals surface area contributed by atoms with Crippen molar-refractivity contribution >= 4 is 34.0 Å². The lowest BCUT2D eigenvalue weighted by atomic mass is 10.2. The van der Waals surface area contributed by atoms with Gasteiger partial charge in [-0.3, -0.25) is 10.1 Å². The molecule has 1 aromatic heterocycles. The number of hydrogen-bond donors (Lipinski definition) is 1. The van der Waals surface area contributed by atoms with Crippen LogP contribution in [0.1, 0.15) is 26.3 Å². The zero-order valence-electron chi connectivity index (χ0n) is 16.7. The molecule has 0 aliphatic heterocycles. The maximum Gasteiger partial charge on any atom is 0.266 e. The molecule has 1 amide bonds. The lowest BCUT2D eigenvalue weighted by Gasteiger charge is -2.15. The monoisotopic (exact) mass is 430 g/mol. The minimum Gasteiger partial charge on any atom is -0.491 e. The van der Waals surface area contributed by atoms with Gasteiger partial charge in [-0.2, -0.15) is 0 Å². The second-order valence-corrected chi connectivity index (χ2v) is 8.18. The number of nitrogens with one attached hydrogen (secondary N) is 1. The number of benzene rings is 2. The van der Waals surface area contributed by atoms with Crippen LogP contribution in [0, 0.1) is 6.92 Å².